The van der Waals surface area contributed by atoms with Crippen LogP contribution in [-0.4, -0.2) is 70.8 Å². The molecule has 6 rings (SSSR count). The number of piperidine rings is 2. The van der Waals surface area contributed by atoms with Gasteiger partial charge in [-0.1, -0.05) is 0 Å². The highest BCUT2D eigenvalue weighted by atomic mass is 16.5. The summed E-state index contributed by atoms with van der Waals surface area (Å²) in [5, 5.41) is 9.00. The third kappa shape index (κ3) is 4.08. The van der Waals surface area contributed by atoms with Crippen molar-refractivity contribution in [2.45, 2.75) is 32.1 Å². The van der Waals surface area contributed by atoms with Crippen LogP contribution in [0.5, 0.6) is 5.75 Å². The van der Waals surface area contributed by atoms with E-state index in [1.54, 1.807) is 18.3 Å². The Hall–Kier alpha value is -2.74. The van der Waals surface area contributed by atoms with Crippen LogP contribution in [0, 0.1) is 11.8 Å². The van der Waals surface area contributed by atoms with E-state index < -0.39 is 0 Å². The Morgan fingerprint density at radius 3 is 2.84 bits per heavy atom. The Morgan fingerprint density at radius 2 is 2.06 bits per heavy atom. The van der Waals surface area contributed by atoms with Gasteiger partial charge in [0, 0.05) is 43.7 Å². The van der Waals surface area contributed by atoms with E-state index >= 15 is 0 Å². The molecule has 1 amide bonds. The lowest BCUT2D eigenvalue weighted by Crippen LogP contribution is -2.53. The van der Waals surface area contributed by atoms with Gasteiger partial charge in [-0.2, -0.15) is 0 Å². The molecule has 8 nitrogen and oxygen atoms in total. The zero-order chi connectivity index (χ0) is 21.4. The van der Waals surface area contributed by atoms with Crippen LogP contribution < -0.4 is 9.64 Å². The topological polar surface area (TPSA) is 91.7 Å². The molecule has 2 aromatic rings. The summed E-state index contributed by atoms with van der Waals surface area (Å²) in [5.41, 5.74) is 2.82. The van der Waals surface area contributed by atoms with Gasteiger partial charge in [0.15, 0.2) is 5.82 Å². The fraction of sp³-hybridized carbons (Fsp3) is 0.565. The average molecular weight is 424 g/mol. The second-order valence-corrected chi connectivity index (χ2v) is 8.96. The number of aromatic nitrogens is 3. The van der Waals surface area contributed by atoms with Gasteiger partial charge in [-0.15, -0.1) is 0 Å². The van der Waals surface area contributed by atoms with E-state index in [0.717, 1.165) is 49.4 Å². The van der Waals surface area contributed by atoms with Crippen molar-refractivity contribution < 1.29 is 14.6 Å². The molecule has 1 N–H and O–H groups in total. The largest absolute Gasteiger partial charge is 0.491 e. The van der Waals surface area contributed by atoms with Gasteiger partial charge in [0.1, 0.15) is 23.9 Å². The van der Waals surface area contributed by atoms with Gasteiger partial charge in [-0.3, -0.25) is 9.78 Å². The summed E-state index contributed by atoms with van der Waals surface area (Å²) in [4.78, 5) is 31.0. The second-order valence-electron chi connectivity index (χ2n) is 8.96. The number of likely N-dealkylation sites (N-methyl/N-ethyl adjacent to an activating group) is 1. The maximum Gasteiger partial charge on any atom is 0.242 e. The number of rotatable bonds is 7. The molecule has 4 heterocycles. The molecule has 2 bridgehead atoms. The van der Waals surface area contributed by atoms with Crippen LogP contribution in [0.15, 0.2) is 18.3 Å². The smallest absolute Gasteiger partial charge is 0.242 e. The lowest BCUT2D eigenvalue weighted by Gasteiger charge is -2.47. The Morgan fingerprint density at radius 1 is 1.26 bits per heavy atom. The van der Waals surface area contributed by atoms with Gasteiger partial charge in [-0.05, 0) is 50.0 Å². The van der Waals surface area contributed by atoms with Gasteiger partial charge in [-0.25, -0.2) is 9.97 Å². The lowest BCUT2D eigenvalue weighted by atomic mass is 9.71. The molecule has 0 unspecified atom stereocenters. The quantitative estimate of drug-likeness (QED) is 0.725. The molecule has 2 aliphatic heterocycles. The maximum absolute atomic E-state index is 12.9. The predicted octanol–water partition coefficient (Wildman–Crippen LogP) is 1.70. The molecule has 8 heteroatoms. The van der Waals surface area contributed by atoms with E-state index in [2.05, 4.69) is 4.98 Å². The molecule has 2 aromatic heterocycles. The van der Waals surface area contributed by atoms with Crippen LogP contribution in [-0.2, 0) is 17.6 Å². The Bertz CT molecular complexity index is 966. The molecule has 2 saturated heterocycles. The highest BCUT2D eigenvalue weighted by Gasteiger charge is 2.39. The number of anilines is 1. The summed E-state index contributed by atoms with van der Waals surface area (Å²) in [6.07, 6.45) is 7.13. The monoisotopic (exact) mass is 423 g/mol. The summed E-state index contributed by atoms with van der Waals surface area (Å²) >= 11 is 0. The van der Waals surface area contributed by atoms with E-state index in [4.69, 9.17) is 19.8 Å². The van der Waals surface area contributed by atoms with Crippen molar-refractivity contribution >= 4 is 11.7 Å². The van der Waals surface area contributed by atoms with Gasteiger partial charge >= 0.3 is 0 Å². The first-order valence-electron chi connectivity index (χ1n) is 11.2. The van der Waals surface area contributed by atoms with Gasteiger partial charge in [0.05, 0.1) is 13.2 Å². The van der Waals surface area contributed by atoms with Crippen molar-refractivity contribution in [2.75, 3.05) is 44.8 Å². The molecular weight excluding hydrogens is 394 g/mol. The SMILES string of the molecule is CN(CC(=O)N1C[C@H]2C[C@@H](C1)C2)c1nc(-c2cc(OCCO)ccn2)nc2c1CCC2. The molecular formula is C23H29N5O3. The molecule has 3 fully saturated rings. The van der Waals surface area contributed by atoms with Crippen molar-refractivity contribution in [3.05, 3.63) is 29.6 Å². The first-order valence-corrected chi connectivity index (χ1v) is 11.2. The number of aliphatic hydroxyl groups is 1. The Kier molecular flexibility index (Phi) is 5.48. The summed E-state index contributed by atoms with van der Waals surface area (Å²) < 4.78 is 5.51. The zero-order valence-electron chi connectivity index (χ0n) is 18.0. The minimum Gasteiger partial charge on any atom is -0.491 e. The number of hydrogen-bond donors (Lipinski definition) is 1. The number of pyridine rings is 1. The molecule has 0 aromatic carbocycles. The van der Waals surface area contributed by atoms with Crippen molar-refractivity contribution in [2.24, 2.45) is 11.8 Å². The molecule has 0 radical (unpaired) electrons. The van der Waals surface area contributed by atoms with Crippen LogP contribution in [0.1, 0.15) is 30.5 Å². The first kappa shape index (κ1) is 20.2. The summed E-state index contributed by atoms with van der Waals surface area (Å²) in [5.74, 6) is 3.59. The van der Waals surface area contributed by atoms with Crippen molar-refractivity contribution in [3.8, 4) is 17.3 Å². The van der Waals surface area contributed by atoms with Gasteiger partial charge < -0.3 is 19.6 Å². The number of aryl methyl sites for hydroxylation is 1. The molecule has 31 heavy (non-hydrogen) atoms. The standard InChI is InChI=1S/C23H29N5O3/c1-27(14-21(30)28-12-15-9-16(10-15)13-28)23-18-3-2-4-19(18)25-22(26-23)20-11-17(5-6-24-20)31-8-7-29/h5-6,11,15-16,29H,2-4,7-10,12-14H2,1H3/t15-,16+. The summed E-state index contributed by atoms with van der Waals surface area (Å²) in [6.45, 7) is 2.31. The summed E-state index contributed by atoms with van der Waals surface area (Å²) in [7, 11) is 1.95. The van der Waals surface area contributed by atoms with E-state index in [-0.39, 0.29) is 19.1 Å². The highest BCUT2D eigenvalue weighted by molar-refractivity contribution is 5.81. The molecule has 0 atom stereocenters. The predicted molar refractivity (Wildman–Crippen MR) is 116 cm³/mol. The number of aliphatic hydroxyl groups excluding tert-OH is 1. The number of amides is 1. The van der Waals surface area contributed by atoms with Crippen LogP contribution in [0.3, 0.4) is 0 Å². The number of hydrogen-bond acceptors (Lipinski definition) is 7. The van der Waals surface area contributed by atoms with Crippen molar-refractivity contribution in [1.29, 1.82) is 0 Å². The minimum absolute atomic E-state index is 0.0471. The molecule has 1 saturated carbocycles. The highest BCUT2D eigenvalue weighted by Crippen LogP contribution is 2.39. The molecule has 4 aliphatic rings. The normalized spacial score (nSPS) is 21.4. The van der Waals surface area contributed by atoms with Gasteiger partial charge in [0.25, 0.3) is 0 Å². The van der Waals surface area contributed by atoms with Crippen LogP contribution >= 0.6 is 0 Å². The van der Waals surface area contributed by atoms with Crippen LogP contribution in [0.2, 0.25) is 0 Å². The Balaban J connectivity index is 1.38. The van der Waals surface area contributed by atoms with Crippen molar-refractivity contribution in [1.82, 2.24) is 19.9 Å². The zero-order valence-corrected chi connectivity index (χ0v) is 18.0. The number of carbonyl (C=O) groups is 1. The third-order valence-corrected chi connectivity index (χ3v) is 6.61. The Labute approximate surface area is 182 Å². The summed E-state index contributed by atoms with van der Waals surface area (Å²) in [6, 6.07) is 3.54. The minimum atomic E-state index is -0.0471. The maximum atomic E-state index is 12.9. The van der Waals surface area contributed by atoms with Crippen LogP contribution in [0.25, 0.3) is 11.5 Å². The first-order chi connectivity index (χ1) is 15.1. The fourth-order valence-electron chi connectivity index (χ4n) is 5.08. The van der Waals surface area contributed by atoms with E-state index in [0.29, 0.717) is 35.6 Å². The number of nitrogens with zero attached hydrogens (tertiary/aromatic N) is 5. The average Bonchev–Trinajstić information content (AvgIpc) is 3.25. The van der Waals surface area contributed by atoms with Gasteiger partial charge in [0.2, 0.25) is 5.91 Å². The third-order valence-electron chi connectivity index (χ3n) is 6.61. The van der Waals surface area contributed by atoms with E-state index in [1.165, 1.54) is 12.8 Å². The molecule has 164 valence electrons. The molecule has 2 aliphatic carbocycles. The van der Waals surface area contributed by atoms with E-state index in [9.17, 15) is 4.79 Å². The van der Waals surface area contributed by atoms with E-state index in [1.807, 2.05) is 16.8 Å². The number of fused-ring (bicyclic) bond motifs is 3. The van der Waals surface area contributed by atoms with Crippen LogP contribution in [0.4, 0.5) is 5.82 Å². The second kappa shape index (κ2) is 8.42. The lowest BCUT2D eigenvalue weighted by molar-refractivity contribution is -0.136. The molecule has 0 spiro atoms. The van der Waals surface area contributed by atoms with Crippen molar-refractivity contribution in [3.63, 3.8) is 0 Å². The fourth-order valence-corrected chi connectivity index (χ4v) is 5.08. The number of ether oxygens (including phenoxy) is 1. The number of carbonyl (C=O) groups excluding carboxylic acids is 1.